The maximum Gasteiger partial charge on any atom is 0.164 e. The fourth-order valence-electron chi connectivity index (χ4n) is 9.30. The van der Waals surface area contributed by atoms with Crippen LogP contribution in [0.4, 0.5) is 0 Å². The molecule has 0 atom stereocenters. The van der Waals surface area contributed by atoms with Gasteiger partial charge in [-0.05, 0) is 149 Å². The van der Waals surface area contributed by atoms with E-state index in [-0.39, 0.29) is 0 Å². The molecule has 0 aliphatic rings. The van der Waals surface area contributed by atoms with Gasteiger partial charge in [-0.3, -0.25) is 4.98 Å². The quantitative estimate of drug-likeness (QED) is 0.156. The van der Waals surface area contributed by atoms with Crippen LogP contribution in [-0.4, -0.2) is 19.9 Å². The molecule has 0 saturated carbocycles. The van der Waals surface area contributed by atoms with E-state index in [0.717, 1.165) is 50.1 Å². The molecule has 3 aromatic heterocycles. The minimum atomic E-state index is 0.611. The largest absolute Gasteiger partial charge is 0.264 e. The van der Waals surface area contributed by atoms with E-state index in [1.165, 1.54) is 63.3 Å². The van der Waals surface area contributed by atoms with Crippen LogP contribution in [0.1, 0.15) is 0 Å². The lowest BCUT2D eigenvalue weighted by Crippen LogP contribution is -2.00. The summed E-state index contributed by atoms with van der Waals surface area (Å²) in [5, 5.41) is 12.2. The Balaban J connectivity index is 1.01. The molecule has 0 unspecified atom stereocenters. The summed E-state index contributed by atoms with van der Waals surface area (Å²) in [6.07, 6.45) is 3.68. The van der Waals surface area contributed by atoms with Crippen molar-refractivity contribution in [2.75, 3.05) is 0 Å². The van der Waals surface area contributed by atoms with E-state index in [1.807, 2.05) is 12.3 Å². The molecule has 10 aromatic carbocycles. The van der Waals surface area contributed by atoms with Gasteiger partial charge in [0.2, 0.25) is 0 Å². The summed E-state index contributed by atoms with van der Waals surface area (Å²) in [4.78, 5) is 20.2. The number of thiophene rings is 1. The Morgan fingerprint density at radius 3 is 1.35 bits per heavy atom. The van der Waals surface area contributed by atoms with Gasteiger partial charge in [0.15, 0.2) is 17.5 Å². The molecular formula is C60H36N4S. The number of hydrogen-bond donors (Lipinski definition) is 0. The van der Waals surface area contributed by atoms with Gasteiger partial charge in [-0.2, -0.15) is 0 Å². The lowest BCUT2D eigenvalue weighted by molar-refractivity contribution is 1.07. The van der Waals surface area contributed by atoms with Crippen molar-refractivity contribution >= 4 is 74.6 Å². The number of aromatic nitrogens is 4. The molecular weight excluding hydrogens is 809 g/mol. The minimum Gasteiger partial charge on any atom is -0.264 e. The van der Waals surface area contributed by atoms with Crippen molar-refractivity contribution in [3.8, 4) is 67.5 Å². The molecule has 0 bridgehead atoms. The zero-order valence-corrected chi connectivity index (χ0v) is 35.8. The Morgan fingerprint density at radius 2 is 0.738 bits per heavy atom. The molecule has 0 saturated heterocycles. The number of fused-ring (bicyclic) bond motifs is 7. The number of rotatable bonds is 6. The average molecular weight is 845 g/mol. The third-order valence-electron chi connectivity index (χ3n) is 12.7. The molecule has 5 heteroatoms. The number of nitrogens with zero attached hydrogens (tertiary/aromatic N) is 4. The molecule has 0 aliphatic heterocycles. The Morgan fingerprint density at radius 1 is 0.262 bits per heavy atom. The molecule has 3 heterocycles. The Hall–Kier alpha value is -8.38. The molecule has 0 amide bonds. The predicted octanol–water partition coefficient (Wildman–Crippen LogP) is 16.2. The van der Waals surface area contributed by atoms with E-state index in [2.05, 4.69) is 205 Å². The third-order valence-corrected chi connectivity index (χ3v) is 13.8. The molecule has 0 spiro atoms. The summed E-state index contributed by atoms with van der Waals surface area (Å²) in [5.41, 5.74) is 9.32. The third kappa shape index (κ3) is 6.78. The van der Waals surface area contributed by atoms with Crippen LogP contribution < -0.4 is 0 Å². The van der Waals surface area contributed by atoms with Crippen molar-refractivity contribution in [1.82, 2.24) is 19.9 Å². The molecule has 0 aliphatic carbocycles. The normalized spacial score (nSPS) is 11.7. The van der Waals surface area contributed by atoms with E-state index in [0.29, 0.717) is 17.5 Å². The van der Waals surface area contributed by atoms with Crippen molar-refractivity contribution < 1.29 is 0 Å². The van der Waals surface area contributed by atoms with Crippen LogP contribution in [0.5, 0.6) is 0 Å². The number of pyridine rings is 1. The highest BCUT2D eigenvalue weighted by atomic mass is 32.1. The molecule has 4 nitrogen and oxygen atoms in total. The Kier molecular flexibility index (Phi) is 8.68. The van der Waals surface area contributed by atoms with Gasteiger partial charge in [-0.15, -0.1) is 11.3 Å². The highest BCUT2D eigenvalue weighted by Crippen LogP contribution is 2.39. The lowest BCUT2D eigenvalue weighted by Gasteiger charge is -2.14. The first-order chi connectivity index (χ1) is 32.1. The minimum absolute atomic E-state index is 0.611. The van der Waals surface area contributed by atoms with Crippen LogP contribution in [0.3, 0.4) is 0 Å². The second kappa shape index (κ2) is 15.2. The second-order valence-electron chi connectivity index (χ2n) is 16.8. The van der Waals surface area contributed by atoms with Gasteiger partial charge in [0.1, 0.15) is 0 Å². The number of hydrogen-bond acceptors (Lipinski definition) is 5. The zero-order valence-electron chi connectivity index (χ0n) is 35.0. The van der Waals surface area contributed by atoms with Gasteiger partial charge < -0.3 is 0 Å². The Labute approximate surface area is 378 Å². The van der Waals surface area contributed by atoms with Crippen LogP contribution in [-0.2, 0) is 0 Å². The highest BCUT2D eigenvalue weighted by molar-refractivity contribution is 7.25. The standard InChI is InChI=1S/C60H36N4S/c1-3-10-41-28-49-30-45(21-19-43(49)26-39(41)8-1)51-32-52(46-22-20-44-27-40-9-2-4-11-42(40)29-50(44)31-46)34-53(33-51)60-63-58(38-17-15-37(16-18-38)48-12-7-25-61-36-48)62-59(64-60)47-23-24-55-54-13-5-6-14-56(54)65-57(55)35-47/h1-36H. The van der Waals surface area contributed by atoms with E-state index in [1.54, 1.807) is 17.5 Å². The molecule has 302 valence electrons. The van der Waals surface area contributed by atoms with E-state index in [9.17, 15) is 0 Å². The summed E-state index contributed by atoms with van der Waals surface area (Å²) < 4.78 is 2.46. The van der Waals surface area contributed by atoms with Crippen molar-refractivity contribution in [2.45, 2.75) is 0 Å². The summed E-state index contributed by atoms with van der Waals surface area (Å²) in [5.74, 6) is 1.85. The summed E-state index contributed by atoms with van der Waals surface area (Å²) in [6, 6.07) is 74.3. The maximum absolute atomic E-state index is 5.34. The topological polar surface area (TPSA) is 51.6 Å². The van der Waals surface area contributed by atoms with Gasteiger partial charge in [-0.1, -0.05) is 133 Å². The zero-order chi connectivity index (χ0) is 42.8. The lowest BCUT2D eigenvalue weighted by atomic mass is 9.92. The molecule has 65 heavy (non-hydrogen) atoms. The highest BCUT2D eigenvalue weighted by Gasteiger charge is 2.17. The average Bonchev–Trinajstić information content (AvgIpc) is 3.75. The smallest absolute Gasteiger partial charge is 0.164 e. The SMILES string of the molecule is c1cncc(-c2ccc(-c3nc(-c4cc(-c5ccc6cc7ccccc7cc6c5)cc(-c5ccc6cc7ccccc7cc6c5)c4)nc(-c4ccc5c(c4)sc4ccccc45)n3)cc2)c1. The van der Waals surface area contributed by atoms with Gasteiger partial charge in [0.05, 0.1) is 0 Å². The van der Waals surface area contributed by atoms with Crippen LogP contribution >= 0.6 is 11.3 Å². The fraction of sp³-hybridized carbons (Fsp3) is 0. The van der Waals surface area contributed by atoms with Crippen LogP contribution in [0.25, 0.3) is 131 Å². The van der Waals surface area contributed by atoms with Gasteiger partial charge in [0, 0.05) is 49.3 Å². The van der Waals surface area contributed by atoms with Crippen molar-refractivity contribution in [2.24, 2.45) is 0 Å². The summed E-state index contributed by atoms with van der Waals surface area (Å²) in [6.45, 7) is 0. The fourth-order valence-corrected chi connectivity index (χ4v) is 10.4. The molecule has 13 aromatic rings. The Bertz CT molecular complexity index is 3870. The molecule has 0 N–H and O–H groups in total. The summed E-state index contributed by atoms with van der Waals surface area (Å²) in [7, 11) is 0. The van der Waals surface area contributed by atoms with Crippen molar-refractivity contribution in [1.29, 1.82) is 0 Å². The first-order valence-corrected chi connectivity index (χ1v) is 22.6. The molecule has 13 rings (SSSR count). The van der Waals surface area contributed by atoms with Crippen LogP contribution in [0.2, 0.25) is 0 Å². The van der Waals surface area contributed by atoms with Gasteiger partial charge >= 0.3 is 0 Å². The molecule has 0 radical (unpaired) electrons. The predicted molar refractivity (Wildman–Crippen MR) is 273 cm³/mol. The van der Waals surface area contributed by atoms with E-state index in [4.69, 9.17) is 15.0 Å². The van der Waals surface area contributed by atoms with Gasteiger partial charge in [-0.25, -0.2) is 15.0 Å². The van der Waals surface area contributed by atoms with E-state index >= 15 is 0 Å². The first-order valence-electron chi connectivity index (χ1n) is 21.8. The van der Waals surface area contributed by atoms with Crippen molar-refractivity contribution in [3.63, 3.8) is 0 Å². The van der Waals surface area contributed by atoms with Gasteiger partial charge in [0.25, 0.3) is 0 Å². The monoisotopic (exact) mass is 844 g/mol. The number of benzene rings is 10. The molecule has 0 fully saturated rings. The first kappa shape index (κ1) is 37.2. The van der Waals surface area contributed by atoms with Crippen LogP contribution in [0, 0.1) is 0 Å². The van der Waals surface area contributed by atoms with Crippen molar-refractivity contribution in [3.05, 3.63) is 219 Å². The second-order valence-corrected chi connectivity index (χ2v) is 17.8. The maximum atomic E-state index is 5.34. The summed E-state index contributed by atoms with van der Waals surface area (Å²) >= 11 is 1.80. The van der Waals surface area contributed by atoms with E-state index < -0.39 is 0 Å². The van der Waals surface area contributed by atoms with Crippen LogP contribution in [0.15, 0.2) is 219 Å².